The Kier molecular flexibility index (Phi) is 4.23. The second-order valence-corrected chi connectivity index (χ2v) is 5.12. The van der Waals surface area contributed by atoms with Crippen molar-refractivity contribution in [2.75, 3.05) is 6.61 Å². The second-order valence-electron chi connectivity index (χ2n) is 5.12. The van der Waals surface area contributed by atoms with Gasteiger partial charge in [-0.15, -0.1) is 0 Å². The van der Waals surface area contributed by atoms with Crippen LogP contribution in [0.1, 0.15) is 17.3 Å². The molecule has 0 aliphatic carbocycles. The quantitative estimate of drug-likeness (QED) is 0.734. The van der Waals surface area contributed by atoms with Gasteiger partial charge in [0.15, 0.2) is 0 Å². The summed E-state index contributed by atoms with van der Waals surface area (Å²) in [6.45, 7) is 1.85. The summed E-state index contributed by atoms with van der Waals surface area (Å²) in [5, 5.41) is 7.53. The van der Waals surface area contributed by atoms with Crippen LogP contribution >= 0.6 is 0 Å². The number of nitrogens with one attached hydrogen (secondary N) is 1. The Morgan fingerprint density at radius 3 is 2.96 bits per heavy atom. The molecule has 0 saturated carbocycles. The third kappa shape index (κ3) is 3.48. The molecular weight excluding hydrogens is 299 g/mol. The lowest BCUT2D eigenvalue weighted by Gasteiger charge is -2.14. The van der Waals surface area contributed by atoms with E-state index in [2.05, 4.69) is 10.2 Å². The normalized spacial score (nSPS) is 12.1. The zero-order chi connectivity index (χ0) is 16.2. The number of ether oxygens (including phenoxy) is 2. The molecule has 0 bridgehead atoms. The van der Waals surface area contributed by atoms with E-state index in [1.165, 1.54) is 12.1 Å². The first-order valence-electron chi connectivity index (χ1n) is 7.15. The maximum atomic E-state index is 13.1. The molecule has 0 aliphatic heterocycles. The summed E-state index contributed by atoms with van der Waals surface area (Å²) >= 11 is 0. The smallest absolute Gasteiger partial charge is 0.340 e. The molecule has 118 valence electrons. The molecule has 0 saturated heterocycles. The number of rotatable bonds is 5. The molecule has 0 spiro atoms. The van der Waals surface area contributed by atoms with Crippen LogP contribution in [0.4, 0.5) is 4.39 Å². The lowest BCUT2D eigenvalue weighted by Crippen LogP contribution is -2.22. The molecule has 3 aromatic rings. The molecule has 1 unspecified atom stereocenters. The van der Waals surface area contributed by atoms with Crippen molar-refractivity contribution in [1.82, 2.24) is 10.2 Å². The van der Waals surface area contributed by atoms with Crippen molar-refractivity contribution >= 4 is 16.9 Å². The largest absolute Gasteiger partial charge is 0.490 e. The van der Waals surface area contributed by atoms with Gasteiger partial charge in [-0.05, 0) is 25.1 Å². The van der Waals surface area contributed by atoms with Crippen molar-refractivity contribution in [1.29, 1.82) is 0 Å². The fourth-order valence-corrected chi connectivity index (χ4v) is 2.19. The van der Waals surface area contributed by atoms with Crippen LogP contribution in [0.15, 0.2) is 48.7 Å². The van der Waals surface area contributed by atoms with Crippen LogP contribution in [-0.4, -0.2) is 28.9 Å². The van der Waals surface area contributed by atoms with Crippen LogP contribution in [0.3, 0.4) is 0 Å². The summed E-state index contributed by atoms with van der Waals surface area (Å²) in [5.41, 5.74) is 1.05. The number of H-pyrrole nitrogens is 1. The summed E-state index contributed by atoms with van der Waals surface area (Å²) in [7, 11) is 0. The van der Waals surface area contributed by atoms with Gasteiger partial charge in [0.25, 0.3) is 0 Å². The van der Waals surface area contributed by atoms with E-state index in [-0.39, 0.29) is 12.4 Å². The van der Waals surface area contributed by atoms with Crippen LogP contribution in [0, 0.1) is 5.82 Å². The SMILES string of the molecule is CC(COc1cccc(F)c1)OC(=O)c1cccc2cn[nH]c12. The molecule has 23 heavy (non-hydrogen) atoms. The Morgan fingerprint density at radius 1 is 1.30 bits per heavy atom. The number of halogens is 1. The number of para-hydroxylation sites is 1. The first kappa shape index (κ1) is 15.0. The first-order chi connectivity index (χ1) is 11.1. The Balaban J connectivity index is 1.62. The number of carbonyl (C=O) groups excluding carboxylic acids is 1. The van der Waals surface area contributed by atoms with Crippen LogP contribution in [0.2, 0.25) is 0 Å². The predicted octanol–water partition coefficient (Wildman–Crippen LogP) is 3.33. The van der Waals surface area contributed by atoms with Crippen LogP contribution < -0.4 is 4.74 Å². The minimum Gasteiger partial charge on any atom is -0.490 e. The number of nitrogens with zero attached hydrogens (tertiary/aromatic N) is 1. The molecule has 3 rings (SSSR count). The van der Waals surface area contributed by atoms with Crippen molar-refractivity contribution in [2.24, 2.45) is 0 Å². The van der Waals surface area contributed by atoms with Crippen molar-refractivity contribution in [3.05, 3.63) is 60.0 Å². The average molecular weight is 314 g/mol. The minimum absolute atomic E-state index is 0.133. The van der Waals surface area contributed by atoms with Gasteiger partial charge in [0.2, 0.25) is 0 Å². The number of benzene rings is 2. The van der Waals surface area contributed by atoms with Gasteiger partial charge in [-0.1, -0.05) is 18.2 Å². The molecule has 1 atom stereocenters. The van der Waals surface area contributed by atoms with E-state index in [1.54, 1.807) is 37.4 Å². The number of esters is 1. The van der Waals surface area contributed by atoms with E-state index >= 15 is 0 Å². The molecule has 0 radical (unpaired) electrons. The summed E-state index contributed by atoms with van der Waals surface area (Å²) in [6.07, 6.45) is 1.16. The van der Waals surface area contributed by atoms with Crippen LogP contribution in [-0.2, 0) is 4.74 Å². The zero-order valence-corrected chi connectivity index (χ0v) is 12.5. The average Bonchev–Trinajstić information content (AvgIpc) is 3.01. The monoisotopic (exact) mass is 314 g/mol. The molecular formula is C17H15FN2O3. The lowest BCUT2D eigenvalue weighted by molar-refractivity contribution is 0.0230. The highest BCUT2D eigenvalue weighted by Crippen LogP contribution is 2.17. The number of aromatic nitrogens is 2. The molecule has 6 heteroatoms. The second kappa shape index (κ2) is 6.48. The zero-order valence-electron chi connectivity index (χ0n) is 12.5. The molecule has 1 aromatic heterocycles. The van der Waals surface area contributed by atoms with E-state index in [0.717, 1.165) is 5.39 Å². The summed E-state index contributed by atoms with van der Waals surface area (Å²) in [5.74, 6) is -0.447. The fourth-order valence-electron chi connectivity index (χ4n) is 2.19. The van der Waals surface area contributed by atoms with Crippen molar-refractivity contribution in [3.63, 3.8) is 0 Å². The molecule has 0 aliphatic rings. The van der Waals surface area contributed by atoms with Gasteiger partial charge in [0.05, 0.1) is 17.3 Å². The van der Waals surface area contributed by atoms with Crippen LogP contribution in [0.5, 0.6) is 5.75 Å². The number of hydrogen-bond acceptors (Lipinski definition) is 4. The van der Waals surface area contributed by atoms with E-state index in [9.17, 15) is 9.18 Å². The highest BCUT2D eigenvalue weighted by molar-refractivity contribution is 6.02. The Morgan fingerprint density at radius 2 is 2.13 bits per heavy atom. The highest BCUT2D eigenvalue weighted by Gasteiger charge is 2.16. The van der Waals surface area contributed by atoms with Gasteiger partial charge in [-0.3, -0.25) is 5.10 Å². The Bertz CT molecular complexity index is 831. The molecule has 5 nitrogen and oxygen atoms in total. The molecule has 1 heterocycles. The van der Waals surface area contributed by atoms with Gasteiger partial charge in [0, 0.05) is 11.5 Å². The summed E-state index contributed by atoms with van der Waals surface area (Å²) in [4.78, 5) is 12.2. The molecule has 0 amide bonds. The maximum Gasteiger partial charge on any atom is 0.340 e. The van der Waals surface area contributed by atoms with E-state index in [1.807, 2.05) is 6.07 Å². The van der Waals surface area contributed by atoms with Crippen molar-refractivity contribution in [2.45, 2.75) is 13.0 Å². The van der Waals surface area contributed by atoms with Crippen molar-refractivity contribution in [3.8, 4) is 5.75 Å². The van der Waals surface area contributed by atoms with E-state index in [0.29, 0.717) is 16.8 Å². The van der Waals surface area contributed by atoms with Crippen LogP contribution in [0.25, 0.3) is 10.9 Å². The number of fused-ring (bicyclic) bond motifs is 1. The van der Waals surface area contributed by atoms with Gasteiger partial charge in [0.1, 0.15) is 24.3 Å². The number of aromatic amines is 1. The third-order valence-electron chi connectivity index (χ3n) is 3.29. The van der Waals surface area contributed by atoms with E-state index < -0.39 is 12.1 Å². The van der Waals surface area contributed by atoms with Gasteiger partial charge in [-0.2, -0.15) is 5.10 Å². The predicted molar refractivity (Wildman–Crippen MR) is 82.9 cm³/mol. The van der Waals surface area contributed by atoms with Gasteiger partial charge < -0.3 is 9.47 Å². The molecule has 1 N–H and O–H groups in total. The topological polar surface area (TPSA) is 64.2 Å². The minimum atomic E-state index is -0.482. The number of carbonyl (C=O) groups is 1. The fraction of sp³-hybridized carbons (Fsp3) is 0.176. The van der Waals surface area contributed by atoms with Gasteiger partial charge >= 0.3 is 5.97 Å². The Labute approximate surface area is 132 Å². The number of hydrogen-bond donors (Lipinski definition) is 1. The molecule has 0 fully saturated rings. The third-order valence-corrected chi connectivity index (χ3v) is 3.29. The summed E-state index contributed by atoms with van der Waals surface area (Å²) < 4.78 is 23.8. The lowest BCUT2D eigenvalue weighted by atomic mass is 10.1. The molecule has 2 aromatic carbocycles. The van der Waals surface area contributed by atoms with E-state index in [4.69, 9.17) is 9.47 Å². The Hall–Kier alpha value is -2.89. The standard InChI is InChI=1S/C17H15FN2O3/c1-11(10-22-14-6-3-5-13(18)8-14)23-17(21)15-7-2-4-12-9-19-20-16(12)15/h2-9,11H,10H2,1H3,(H,19,20). The maximum absolute atomic E-state index is 13.1. The summed E-state index contributed by atoms with van der Waals surface area (Å²) in [6, 6.07) is 11.1. The first-order valence-corrected chi connectivity index (χ1v) is 7.15. The van der Waals surface area contributed by atoms with Gasteiger partial charge in [-0.25, -0.2) is 9.18 Å². The van der Waals surface area contributed by atoms with Crippen molar-refractivity contribution < 1.29 is 18.7 Å². The highest BCUT2D eigenvalue weighted by atomic mass is 19.1.